The van der Waals surface area contributed by atoms with E-state index in [1.165, 1.54) is 6.07 Å². The number of fused-ring (bicyclic) bond motifs is 1. The Balaban J connectivity index is 1.69. The molecule has 2 aromatic carbocycles. The zero-order valence-electron chi connectivity index (χ0n) is 17.5. The molecule has 0 aromatic heterocycles. The molecule has 176 valence electrons. The average molecular weight is 487 g/mol. The van der Waals surface area contributed by atoms with Gasteiger partial charge < -0.3 is 19.7 Å². The van der Waals surface area contributed by atoms with Crippen molar-refractivity contribution in [3.63, 3.8) is 0 Å². The number of hydrogen-bond acceptors (Lipinski definition) is 5. The Labute approximate surface area is 190 Å². The van der Waals surface area contributed by atoms with Gasteiger partial charge >= 0.3 is 13.3 Å². The van der Waals surface area contributed by atoms with E-state index < -0.39 is 58.9 Å². The van der Waals surface area contributed by atoms with E-state index in [0.29, 0.717) is 17.2 Å². The summed E-state index contributed by atoms with van der Waals surface area (Å²) in [5, 5.41) is 11.2. The molecule has 0 aliphatic carbocycles. The molecule has 2 N–H and O–H groups in total. The molecule has 3 atom stereocenters. The Kier molecular flexibility index (Phi) is 6.13. The number of halogens is 5. The molecule has 2 aromatic rings. The van der Waals surface area contributed by atoms with Gasteiger partial charge in [0.25, 0.3) is 0 Å². The van der Waals surface area contributed by atoms with E-state index in [1.54, 1.807) is 12.1 Å². The van der Waals surface area contributed by atoms with Crippen LogP contribution < -0.4 is 15.5 Å². The van der Waals surface area contributed by atoms with E-state index in [0.717, 1.165) is 31.7 Å². The van der Waals surface area contributed by atoms with E-state index in [2.05, 4.69) is 5.32 Å². The Morgan fingerprint density at radius 1 is 1.30 bits per heavy atom. The van der Waals surface area contributed by atoms with Crippen LogP contribution in [0.1, 0.15) is 30.4 Å². The monoisotopic (exact) mass is 487 g/mol. The highest BCUT2D eigenvalue weighted by Gasteiger charge is 2.60. The van der Waals surface area contributed by atoms with Gasteiger partial charge in [0.05, 0.1) is 19.0 Å². The van der Waals surface area contributed by atoms with Gasteiger partial charge in [0, 0.05) is 17.2 Å². The molecule has 0 bridgehead atoms. The topological polar surface area (TPSA) is 67.8 Å². The molecule has 2 aliphatic rings. The zero-order valence-corrected chi connectivity index (χ0v) is 18.3. The number of anilines is 1. The summed E-state index contributed by atoms with van der Waals surface area (Å²) in [5.74, 6) is -4.90. The zero-order chi connectivity index (χ0) is 24.1. The third-order valence-corrected chi connectivity index (χ3v) is 7.70. The number of nitrogens with one attached hydrogen (secondary N) is 1. The smallest absolute Gasteiger partial charge is 0.491 e. The van der Waals surface area contributed by atoms with Gasteiger partial charge in [0.1, 0.15) is 4.75 Å². The average Bonchev–Trinajstić information content (AvgIpc) is 3.31. The molecule has 1 fully saturated rings. The second-order valence-corrected chi connectivity index (χ2v) is 9.77. The molecular weight excluding hydrogens is 468 g/mol. The van der Waals surface area contributed by atoms with Crippen LogP contribution in [0, 0.1) is 11.6 Å². The summed E-state index contributed by atoms with van der Waals surface area (Å²) in [7, 11) is -0.0789. The summed E-state index contributed by atoms with van der Waals surface area (Å²) < 4.78 is 77.4. The molecule has 1 amide bonds. The van der Waals surface area contributed by atoms with Crippen LogP contribution in [-0.4, -0.2) is 41.3 Å². The second-order valence-electron chi connectivity index (χ2n) is 8.13. The molecule has 4 rings (SSSR count). The lowest BCUT2D eigenvalue weighted by Gasteiger charge is -2.26. The number of alkyl halides is 3. The highest BCUT2D eigenvalue weighted by molar-refractivity contribution is 8.02. The van der Waals surface area contributed by atoms with E-state index in [9.17, 15) is 31.8 Å². The lowest BCUT2D eigenvalue weighted by Crippen LogP contribution is -2.37. The predicted molar refractivity (Wildman–Crippen MR) is 114 cm³/mol. The number of ether oxygens (including phenoxy) is 1. The van der Waals surface area contributed by atoms with Gasteiger partial charge in [-0.15, -0.1) is 11.8 Å². The van der Waals surface area contributed by atoms with Crippen LogP contribution in [0.2, 0.25) is 0 Å². The van der Waals surface area contributed by atoms with Crippen molar-refractivity contribution < 1.29 is 41.2 Å². The Morgan fingerprint density at radius 2 is 2.03 bits per heavy atom. The highest BCUT2D eigenvalue weighted by atomic mass is 32.2. The SMILES string of the molecule is COc1c([C@H]2C[C@@](C)(C(F)(F)F)S[C@@H]2C(=O)Nc2ccc3c(c2)B(O)OC3)ccc(F)c1F. The van der Waals surface area contributed by atoms with Crippen LogP contribution in [0.4, 0.5) is 27.6 Å². The largest absolute Gasteiger partial charge is 0.493 e. The van der Waals surface area contributed by atoms with Crippen LogP contribution in [0.5, 0.6) is 5.75 Å². The van der Waals surface area contributed by atoms with Crippen molar-refractivity contribution in [1.29, 1.82) is 0 Å². The lowest BCUT2D eigenvalue weighted by molar-refractivity contribution is -0.155. The van der Waals surface area contributed by atoms with Gasteiger partial charge in [-0.2, -0.15) is 17.6 Å². The van der Waals surface area contributed by atoms with Crippen LogP contribution in [-0.2, 0) is 16.1 Å². The van der Waals surface area contributed by atoms with Crippen molar-refractivity contribution >= 4 is 35.9 Å². The molecule has 2 heterocycles. The molecule has 0 spiro atoms. The van der Waals surface area contributed by atoms with Crippen molar-refractivity contribution in [2.45, 2.75) is 42.0 Å². The number of thioether (sulfide) groups is 1. The summed E-state index contributed by atoms with van der Waals surface area (Å²) in [4.78, 5) is 13.1. The number of amides is 1. The van der Waals surface area contributed by atoms with E-state index >= 15 is 0 Å². The quantitative estimate of drug-likeness (QED) is 0.509. The van der Waals surface area contributed by atoms with Gasteiger partial charge in [-0.25, -0.2) is 4.39 Å². The molecule has 5 nitrogen and oxygen atoms in total. The van der Waals surface area contributed by atoms with Crippen LogP contribution in [0.25, 0.3) is 0 Å². The number of carbonyl (C=O) groups is 1. The fraction of sp³-hybridized carbons (Fsp3) is 0.381. The molecule has 1 saturated heterocycles. The fourth-order valence-electron chi connectivity index (χ4n) is 4.18. The fourth-order valence-corrected chi connectivity index (χ4v) is 5.72. The summed E-state index contributed by atoms with van der Waals surface area (Å²) in [6, 6.07) is 6.62. The maximum absolute atomic E-state index is 14.3. The minimum atomic E-state index is -4.65. The minimum Gasteiger partial charge on any atom is -0.493 e. The van der Waals surface area contributed by atoms with E-state index in [4.69, 9.17) is 9.39 Å². The van der Waals surface area contributed by atoms with E-state index in [-0.39, 0.29) is 17.9 Å². The molecular formula is C21H19BF5NO4S. The van der Waals surface area contributed by atoms with Crippen LogP contribution in [0.3, 0.4) is 0 Å². The molecule has 12 heteroatoms. The Morgan fingerprint density at radius 3 is 2.70 bits per heavy atom. The van der Waals surface area contributed by atoms with Crippen molar-refractivity contribution in [2.75, 3.05) is 12.4 Å². The number of benzene rings is 2. The predicted octanol–water partition coefficient (Wildman–Crippen LogP) is 3.74. The Bertz CT molecular complexity index is 1100. The first-order valence-electron chi connectivity index (χ1n) is 9.95. The van der Waals surface area contributed by atoms with Gasteiger partial charge in [0.2, 0.25) is 11.7 Å². The minimum absolute atomic E-state index is 0.0187. The summed E-state index contributed by atoms with van der Waals surface area (Å²) >= 11 is 0.423. The maximum atomic E-state index is 14.3. The molecule has 0 saturated carbocycles. The number of carbonyl (C=O) groups excluding carboxylic acids is 1. The molecule has 33 heavy (non-hydrogen) atoms. The normalized spacial score (nSPS) is 24.7. The van der Waals surface area contributed by atoms with Gasteiger partial charge in [-0.1, -0.05) is 12.1 Å². The number of methoxy groups -OCH3 is 1. The van der Waals surface area contributed by atoms with Crippen molar-refractivity contribution in [2.24, 2.45) is 0 Å². The standard InChI is InChI=1S/C21H19BF5NO4S/c1-20(21(25,26)27)8-13(12-5-6-15(23)16(24)17(12)31-2)18(33-20)19(29)28-11-4-3-10-9-32-22(30)14(10)7-11/h3-7,13,18,30H,8-9H2,1-2H3,(H,28,29)/t13-,18+,20+/m1/s1. The van der Waals surface area contributed by atoms with Gasteiger partial charge in [0.15, 0.2) is 11.6 Å². The summed E-state index contributed by atoms with van der Waals surface area (Å²) in [6.45, 7) is 1.18. The second kappa shape index (κ2) is 8.48. The summed E-state index contributed by atoms with van der Waals surface area (Å²) in [6.07, 6.45) is -5.18. The Hall–Kier alpha value is -2.31. The van der Waals surface area contributed by atoms with Crippen molar-refractivity contribution in [3.8, 4) is 5.75 Å². The number of hydrogen-bond donors (Lipinski definition) is 2. The lowest BCUT2D eigenvalue weighted by atomic mass is 9.79. The third kappa shape index (κ3) is 4.19. The van der Waals surface area contributed by atoms with Gasteiger partial charge in [-0.05, 0) is 42.6 Å². The number of rotatable bonds is 4. The van der Waals surface area contributed by atoms with Crippen molar-refractivity contribution in [1.82, 2.24) is 0 Å². The first kappa shape index (κ1) is 23.8. The van der Waals surface area contributed by atoms with Crippen LogP contribution >= 0.6 is 11.8 Å². The first-order valence-corrected chi connectivity index (χ1v) is 10.8. The van der Waals surface area contributed by atoms with Crippen LogP contribution in [0.15, 0.2) is 30.3 Å². The highest BCUT2D eigenvalue weighted by Crippen LogP contribution is 2.59. The maximum Gasteiger partial charge on any atom is 0.491 e. The molecule has 2 aliphatic heterocycles. The first-order chi connectivity index (χ1) is 15.4. The van der Waals surface area contributed by atoms with E-state index in [1.807, 2.05) is 0 Å². The van der Waals surface area contributed by atoms with Crippen molar-refractivity contribution in [3.05, 3.63) is 53.1 Å². The third-order valence-electron chi connectivity index (χ3n) is 5.98. The molecule has 0 unspecified atom stereocenters. The molecule has 0 radical (unpaired) electrons. The summed E-state index contributed by atoms with van der Waals surface area (Å²) in [5.41, 5.74) is 1.42. The van der Waals surface area contributed by atoms with Gasteiger partial charge in [-0.3, -0.25) is 4.79 Å².